The SMILES string of the molecule is CN(CCCNC1CCOCC1)C1CCCCC1. The molecule has 1 aliphatic heterocycles. The van der Waals surface area contributed by atoms with Crippen LogP contribution in [0.25, 0.3) is 0 Å². The number of nitrogens with zero attached hydrogens (tertiary/aromatic N) is 1. The molecule has 2 rings (SSSR count). The third-order valence-electron chi connectivity index (χ3n) is 4.54. The van der Waals surface area contributed by atoms with Gasteiger partial charge < -0.3 is 15.0 Å². The Morgan fingerprint density at radius 1 is 1.06 bits per heavy atom. The molecule has 0 radical (unpaired) electrons. The van der Waals surface area contributed by atoms with E-state index in [4.69, 9.17) is 4.74 Å². The van der Waals surface area contributed by atoms with Gasteiger partial charge in [0.25, 0.3) is 0 Å². The van der Waals surface area contributed by atoms with E-state index < -0.39 is 0 Å². The van der Waals surface area contributed by atoms with Crippen molar-refractivity contribution in [3.05, 3.63) is 0 Å². The molecule has 3 heteroatoms. The lowest BCUT2D eigenvalue weighted by atomic mass is 9.94. The summed E-state index contributed by atoms with van der Waals surface area (Å²) >= 11 is 0. The van der Waals surface area contributed by atoms with Gasteiger partial charge in [0.2, 0.25) is 0 Å². The molecule has 0 aromatic rings. The van der Waals surface area contributed by atoms with E-state index in [9.17, 15) is 0 Å². The average molecular weight is 254 g/mol. The first-order valence-corrected chi connectivity index (χ1v) is 7.87. The van der Waals surface area contributed by atoms with Crippen molar-refractivity contribution in [2.75, 3.05) is 33.4 Å². The van der Waals surface area contributed by atoms with Crippen LogP contribution in [0, 0.1) is 0 Å². The summed E-state index contributed by atoms with van der Waals surface area (Å²) in [6, 6.07) is 1.57. The first-order valence-electron chi connectivity index (χ1n) is 7.87. The summed E-state index contributed by atoms with van der Waals surface area (Å²) in [4.78, 5) is 2.59. The molecule has 1 aliphatic carbocycles. The summed E-state index contributed by atoms with van der Waals surface area (Å²) in [7, 11) is 2.31. The fourth-order valence-corrected chi connectivity index (χ4v) is 3.24. The predicted molar refractivity (Wildman–Crippen MR) is 76.0 cm³/mol. The van der Waals surface area contributed by atoms with Crippen molar-refractivity contribution in [3.8, 4) is 0 Å². The van der Waals surface area contributed by atoms with Crippen molar-refractivity contribution in [1.29, 1.82) is 0 Å². The molecule has 1 saturated heterocycles. The van der Waals surface area contributed by atoms with E-state index in [1.807, 2.05) is 0 Å². The molecule has 0 spiro atoms. The van der Waals surface area contributed by atoms with Gasteiger partial charge in [0.1, 0.15) is 0 Å². The summed E-state index contributed by atoms with van der Waals surface area (Å²) < 4.78 is 5.38. The highest BCUT2D eigenvalue weighted by molar-refractivity contribution is 4.74. The van der Waals surface area contributed by atoms with Crippen LogP contribution in [0.5, 0.6) is 0 Å². The zero-order valence-corrected chi connectivity index (χ0v) is 12.0. The second-order valence-corrected chi connectivity index (χ2v) is 5.97. The molecule has 106 valence electrons. The summed E-state index contributed by atoms with van der Waals surface area (Å²) in [6.07, 6.45) is 10.8. The van der Waals surface area contributed by atoms with Crippen LogP contribution >= 0.6 is 0 Å². The molecule has 18 heavy (non-hydrogen) atoms. The van der Waals surface area contributed by atoms with Crippen molar-refractivity contribution >= 4 is 0 Å². The normalized spacial score (nSPS) is 23.7. The van der Waals surface area contributed by atoms with Gasteiger partial charge in [0.05, 0.1) is 0 Å². The molecule has 0 aromatic heterocycles. The van der Waals surface area contributed by atoms with Crippen molar-refractivity contribution in [2.45, 2.75) is 63.5 Å². The van der Waals surface area contributed by atoms with Gasteiger partial charge in [0.15, 0.2) is 0 Å². The fraction of sp³-hybridized carbons (Fsp3) is 1.00. The van der Waals surface area contributed by atoms with Gasteiger partial charge in [-0.05, 0) is 52.2 Å². The fourth-order valence-electron chi connectivity index (χ4n) is 3.24. The van der Waals surface area contributed by atoms with E-state index in [1.165, 1.54) is 64.5 Å². The zero-order chi connectivity index (χ0) is 12.6. The van der Waals surface area contributed by atoms with Crippen LogP contribution in [0.4, 0.5) is 0 Å². The minimum Gasteiger partial charge on any atom is -0.381 e. The Morgan fingerprint density at radius 2 is 1.78 bits per heavy atom. The first-order chi connectivity index (χ1) is 8.86. The summed E-state index contributed by atoms with van der Waals surface area (Å²) in [6.45, 7) is 4.31. The van der Waals surface area contributed by atoms with Crippen LogP contribution in [0.1, 0.15) is 51.4 Å². The summed E-state index contributed by atoms with van der Waals surface area (Å²) in [5.74, 6) is 0. The molecule has 2 aliphatic rings. The highest BCUT2D eigenvalue weighted by Gasteiger charge is 2.17. The lowest BCUT2D eigenvalue weighted by molar-refractivity contribution is 0.0776. The van der Waals surface area contributed by atoms with Crippen molar-refractivity contribution in [1.82, 2.24) is 10.2 Å². The minimum atomic E-state index is 0.707. The smallest absolute Gasteiger partial charge is 0.0480 e. The van der Waals surface area contributed by atoms with E-state index in [1.54, 1.807) is 0 Å². The molecule has 0 unspecified atom stereocenters. The Hall–Kier alpha value is -0.120. The maximum Gasteiger partial charge on any atom is 0.0480 e. The van der Waals surface area contributed by atoms with E-state index in [0.29, 0.717) is 6.04 Å². The molecular formula is C15H30N2O. The van der Waals surface area contributed by atoms with Crippen LogP contribution in [0.3, 0.4) is 0 Å². The molecule has 3 nitrogen and oxygen atoms in total. The van der Waals surface area contributed by atoms with Crippen molar-refractivity contribution in [2.24, 2.45) is 0 Å². The number of rotatable bonds is 6. The largest absolute Gasteiger partial charge is 0.381 e. The van der Waals surface area contributed by atoms with Crippen LogP contribution in [-0.4, -0.2) is 50.3 Å². The number of ether oxygens (including phenoxy) is 1. The molecule has 2 fully saturated rings. The quantitative estimate of drug-likeness (QED) is 0.737. The highest BCUT2D eigenvalue weighted by atomic mass is 16.5. The van der Waals surface area contributed by atoms with E-state index in [-0.39, 0.29) is 0 Å². The highest BCUT2D eigenvalue weighted by Crippen LogP contribution is 2.21. The van der Waals surface area contributed by atoms with Gasteiger partial charge in [0, 0.05) is 25.3 Å². The Balaban J connectivity index is 1.51. The maximum atomic E-state index is 5.38. The van der Waals surface area contributed by atoms with Crippen LogP contribution in [0.15, 0.2) is 0 Å². The van der Waals surface area contributed by atoms with Crippen LogP contribution in [-0.2, 0) is 4.74 Å². The lowest BCUT2D eigenvalue weighted by Crippen LogP contribution is -2.38. The second kappa shape index (κ2) is 8.13. The van der Waals surface area contributed by atoms with E-state index in [2.05, 4.69) is 17.3 Å². The van der Waals surface area contributed by atoms with Crippen molar-refractivity contribution in [3.63, 3.8) is 0 Å². The van der Waals surface area contributed by atoms with E-state index in [0.717, 1.165) is 19.3 Å². The first kappa shape index (κ1) is 14.3. The predicted octanol–water partition coefficient (Wildman–Crippen LogP) is 2.41. The Bertz CT molecular complexity index is 211. The Morgan fingerprint density at radius 3 is 2.50 bits per heavy atom. The van der Waals surface area contributed by atoms with Crippen LogP contribution < -0.4 is 5.32 Å². The Labute approximate surface area is 112 Å². The average Bonchev–Trinajstić information content (AvgIpc) is 2.45. The molecule has 1 N–H and O–H groups in total. The molecule has 0 atom stereocenters. The zero-order valence-electron chi connectivity index (χ0n) is 12.0. The van der Waals surface area contributed by atoms with Crippen molar-refractivity contribution < 1.29 is 4.74 Å². The van der Waals surface area contributed by atoms with Crippen LogP contribution in [0.2, 0.25) is 0 Å². The molecule has 1 heterocycles. The Kier molecular flexibility index (Phi) is 6.46. The van der Waals surface area contributed by atoms with Gasteiger partial charge in [-0.15, -0.1) is 0 Å². The molecule has 1 saturated carbocycles. The summed E-state index contributed by atoms with van der Waals surface area (Å²) in [5, 5.41) is 3.67. The maximum absolute atomic E-state index is 5.38. The lowest BCUT2D eigenvalue weighted by Gasteiger charge is -2.31. The second-order valence-electron chi connectivity index (χ2n) is 5.97. The van der Waals surface area contributed by atoms with Gasteiger partial charge in [-0.3, -0.25) is 0 Å². The monoisotopic (exact) mass is 254 g/mol. The van der Waals surface area contributed by atoms with Gasteiger partial charge in [-0.25, -0.2) is 0 Å². The number of hydrogen-bond acceptors (Lipinski definition) is 3. The van der Waals surface area contributed by atoms with Gasteiger partial charge in [-0.1, -0.05) is 19.3 Å². The number of hydrogen-bond donors (Lipinski definition) is 1. The van der Waals surface area contributed by atoms with Gasteiger partial charge in [-0.2, -0.15) is 0 Å². The molecule has 0 amide bonds. The standard InChI is InChI=1S/C15H30N2O/c1-17(15-6-3-2-4-7-15)11-5-10-16-14-8-12-18-13-9-14/h14-16H,2-13H2,1H3. The van der Waals surface area contributed by atoms with E-state index >= 15 is 0 Å². The molecular weight excluding hydrogens is 224 g/mol. The third kappa shape index (κ3) is 4.87. The molecule has 0 aromatic carbocycles. The third-order valence-corrected chi connectivity index (χ3v) is 4.54. The summed E-state index contributed by atoms with van der Waals surface area (Å²) in [5.41, 5.74) is 0. The number of nitrogens with one attached hydrogen (secondary N) is 1. The topological polar surface area (TPSA) is 24.5 Å². The minimum absolute atomic E-state index is 0.707. The van der Waals surface area contributed by atoms with Gasteiger partial charge >= 0.3 is 0 Å². The molecule has 0 bridgehead atoms.